The molecule has 0 spiro atoms. The first kappa shape index (κ1) is 17.7. The van der Waals surface area contributed by atoms with E-state index in [2.05, 4.69) is 9.97 Å². The lowest BCUT2D eigenvalue weighted by Crippen LogP contribution is -2.39. The minimum Gasteiger partial charge on any atom is -0.277 e. The third-order valence-corrected chi connectivity index (χ3v) is 4.32. The first-order valence-electron chi connectivity index (χ1n) is 7.23. The third-order valence-electron chi connectivity index (χ3n) is 3.21. The van der Waals surface area contributed by atoms with Crippen LogP contribution in [0.2, 0.25) is 0 Å². The molecule has 0 saturated carbocycles. The first-order chi connectivity index (χ1) is 10.9. The van der Waals surface area contributed by atoms with Crippen molar-refractivity contribution in [1.82, 2.24) is 19.1 Å². The molecule has 0 aliphatic heterocycles. The Labute approximate surface area is 143 Å². The van der Waals surface area contributed by atoms with E-state index in [0.717, 1.165) is 4.57 Å². The van der Waals surface area contributed by atoms with Gasteiger partial charge in [-0.1, -0.05) is 31.5 Å². The molecule has 0 aliphatic rings. The van der Waals surface area contributed by atoms with Gasteiger partial charge in [0, 0.05) is 24.9 Å². The zero-order chi connectivity index (χ0) is 17.1. The molecule has 0 radical (unpaired) electrons. The predicted octanol–water partition coefficient (Wildman–Crippen LogP) is 2.30. The molecule has 0 amide bonds. The molecule has 124 valence electrons. The van der Waals surface area contributed by atoms with E-state index in [4.69, 9.17) is 11.6 Å². The highest BCUT2D eigenvalue weighted by molar-refractivity contribution is 7.99. The number of fused-ring (bicyclic) bond motifs is 1. The van der Waals surface area contributed by atoms with E-state index in [0.29, 0.717) is 34.2 Å². The van der Waals surface area contributed by atoms with Gasteiger partial charge in [0.25, 0.3) is 5.56 Å². The smallest absolute Gasteiger partial charge is 0.277 e. The zero-order valence-corrected chi connectivity index (χ0v) is 15.1. The lowest BCUT2D eigenvalue weighted by molar-refractivity contribution is 0.498. The molecule has 2 heterocycles. The number of aromatic nitrogens is 4. The second-order valence-electron chi connectivity index (χ2n) is 5.60. The highest BCUT2D eigenvalue weighted by atomic mass is 35.5. The van der Waals surface area contributed by atoms with Crippen LogP contribution in [0.15, 0.2) is 26.2 Å². The number of aryl methyl sites for hydroxylation is 1. The molecule has 2 aromatic heterocycles. The number of nitrogens with zero attached hydrogens (tertiary/aromatic N) is 4. The van der Waals surface area contributed by atoms with Crippen LogP contribution in [0.4, 0.5) is 0 Å². The van der Waals surface area contributed by atoms with Crippen molar-refractivity contribution in [3.63, 3.8) is 0 Å². The summed E-state index contributed by atoms with van der Waals surface area (Å²) in [6, 6.07) is 0. The van der Waals surface area contributed by atoms with Gasteiger partial charge in [-0.3, -0.25) is 13.9 Å². The molecule has 8 heteroatoms. The topological polar surface area (TPSA) is 69.8 Å². The van der Waals surface area contributed by atoms with Gasteiger partial charge in [0.05, 0.1) is 0 Å². The fraction of sp³-hybridized carbons (Fsp3) is 0.467. The SMILES string of the molecule is Cc1nc(SC/C=C/Cl)c2c(=O)n(C)c(=O)n(CC(C)C)c2n1. The van der Waals surface area contributed by atoms with E-state index in [1.165, 1.54) is 24.3 Å². The molecule has 0 saturated heterocycles. The van der Waals surface area contributed by atoms with Crippen molar-refractivity contribution >= 4 is 34.4 Å². The summed E-state index contributed by atoms with van der Waals surface area (Å²) >= 11 is 6.93. The van der Waals surface area contributed by atoms with Gasteiger partial charge in [0.15, 0.2) is 5.65 Å². The Kier molecular flexibility index (Phi) is 5.64. The molecule has 0 unspecified atom stereocenters. The van der Waals surface area contributed by atoms with Crippen molar-refractivity contribution in [2.24, 2.45) is 13.0 Å². The summed E-state index contributed by atoms with van der Waals surface area (Å²) in [7, 11) is 1.48. The van der Waals surface area contributed by atoms with Crippen LogP contribution in [0.5, 0.6) is 0 Å². The highest BCUT2D eigenvalue weighted by Gasteiger charge is 2.18. The Morgan fingerprint density at radius 3 is 2.61 bits per heavy atom. The van der Waals surface area contributed by atoms with Crippen molar-refractivity contribution in [1.29, 1.82) is 0 Å². The first-order valence-corrected chi connectivity index (χ1v) is 8.65. The summed E-state index contributed by atoms with van der Waals surface area (Å²) in [6.45, 7) is 6.27. The van der Waals surface area contributed by atoms with E-state index in [1.807, 2.05) is 13.8 Å². The Hall–Kier alpha value is -1.60. The van der Waals surface area contributed by atoms with E-state index >= 15 is 0 Å². The zero-order valence-electron chi connectivity index (χ0n) is 13.5. The summed E-state index contributed by atoms with van der Waals surface area (Å²) in [4.78, 5) is 33.7. The second-order valence-corrected chi connectivity index (χ2v) is 6.86. The Morgan fingerprint density at radius 1 is 1.30 bits per heavy atom. The van der Waals surface area contributed by atoms with Crippen molar-refractivity contribution in [3.8, 4) is 0 Å². The number of thioether (sulfide) groups is 1. The largest absolute Gasteiger partial charge is 0.332 e. The standard InChI is InChI=1S/C15H19ClN4O2S/c1-9(2)8-20-12-11(14(21)19(4)15(20)22)13(18-10(3)17-12)23-7-5-6-16/h5-6,9H,7-8H2,1-4H3/b6-5+. The van der Waals surface area contributed by atoms with Crippen LogP contribution in [0, 0.1) is 12.8 Å². The second kappa shape index (κ2) is 7.31. The van der Waals surface area contributed by atoms with E-state index in [1.54, 1.807) is 17.6 Å². The average Bonchev–Trinajstić information content (AvgIpc) is 2.49. The molecule has 23 heavy (non-hydrogen) atoms. The van der Waals surface area contributed by atoms with E-state index in [-0.39, 0.29) is 17.2 Å². The minimum atomic E-state index is -0.373. The maximum absolute atomic E-state index is 12.6. The van der Waals surface area contributed by atoms with Gasteiger partial charge in [-0.15, -0.1) is 11.8 Å². The van der Waals surface area contributed by atoms with Crippen LogP contribution in [0.1, 0.15) is 19.7 Å². The molecule has 0 aliphatic carbocycles. The fourth-order valence-electron chi connectivity index (χ4n) is 2.24. The lowest BCUT2D eigenvalue weighted by Gasteiger charge is -2.14. The van der Waals surface area contributed by atoms with Gasteiger partial charge in [-0.25, -0.2) is 14.8 Å². The number of hydrogen-bond acceptors (Lipinski definition) is 5. The number of hydrogen-bond donors (Lipinski definition) is 0. The van der Waals surface area contributed by atoms with Crippen molar-refractivity contribution in [2.75, 3.05) is 5.75 Å². The Bertz CT molecular complexity index is 870. The quantitative estimate of drug-likeness (QED) is 0.608. The van der Waals surface area contributed by atoms with Crippen molar-refractivity contribution in [2.45, 2.75) is 32.3 Å². The van der Waals surface area contributed by atoms with Crippen molar-refractivity contribution < 1.29 is 0 Å². The molecule has 0 bridgehead atoms. The Balaban J connectivity index is 2.82. The Morgan fingerprint density at radius 2 is 2.00 bits per heavy atom. The van der Waals surface area contributed by atoms with Gasteiger partial charge in [0.2, 0.25) is 0 Å². The molecule has 0 atom stereocenters. The molecule has 0 fully saturated rings. The maximum Gasteiger partial charge on any atom is 0.332 e. The van der Waals surface area contributed by atoms with Crippen LogP contribution >= 0.6 is 23.4 Å². The molecular formula is C15H19ClN4O2S. The van der Waals surface area contributed by atoms with Crippen LogP contribution in [-0.2, 0) is 13.6 Å². The highest BCUT2D eigenvalue weighted by Crippen LogP contribution is 2.22. The average molecular weight is 355 g/mol. The summed E-state index contributed by atoms with van der Waals surface area (Å²) in [5.74, 6) is 1.36. The molecule has 0 aromatic carbocycles. The van der Waals surface area contributed by atoms with Gasteiger partial charge < -0.3 is 0 Å². The minimum absolute atomic E-state index is 0.249. The normalized spacial score (nSPS) is 11.9. The van der Waals surface area contributed by atoms with Crippen LogP contribution in [0.3, 0.4) is 0 Å². The summed E-state index contributed by atoms with van der Waals surface area (Å²) < 4.78 is 2.67. The van der Waals surface area contributed by atoms with Crippen LogP contribution < -0.4 is 11.2 Å². The van der Waals surface area contributed by atoms with E-state index in [9.17, 15) is 9.59 Å². The molecule has 2 aromatic rings. The monoisotopic (exact) mass is 354 g/mol. The van der Waals surface area contributed by atoms with E-state index < -0.39 is 0 Å². The van der Waals surface area contributed by atoms with Gasteiger partial charge in [-0.2, -0.15) is 0 Å². The van der Waals surface area contributed by atoms with Crippen LogP contribution in [-0.4, -0.2) is 24.9 Å². The van der Waals surface area contributed by atoms with Crippen molar-refractivity contribution in [3.05, 3.63) is 38.3 Å². The molecule has 6 nitrogen and oxygen atoms in total. The lowest BCUT2D eigenvalue weighted by atomic mass is 10.2. The maximum atomic E-state index is 12.6. The summed E-state index contributed by atoms with van der Waals surface area (Å²) in [6.07, 6.45) is 1.77. The number of halogens is 1. The van der Waals surface area contributed by atoms with Gasteiger partial charge in [-0.05, 0) is 12.8 Å². The molecular weight excluding hydrogens is 336 g/mol. The number of rotatable bonds is 5. The van der Waals surface area contributed by atoms with Gasteiger partial charge in [0.1, 0.15) is 16.2 Å². The fourth-order valence-corrected chi connectivity index (χ4v) is 3.30. The van der Waals surface area contributed by atoms with Crippen LogP contribution in [0.25, 0.3) is 11.0 Å². The van der Waals surface area contributed by atoms with Gasteiger partial charge >= 0.3 is 5.69 Å². The predicted molar refractivity (Wildman–Crippen MR) is 94.3 cm³/mol. The molecule has 2 rings (SSSR count). The third kappa shape index (κ3) is 3.67. The summed E-state index contributed by atoms with van der Waals surface area (Å²) in [5.41, 5.74) is 1.10. The molecule has 0 N–H and O–H groups in total. The summed E-state index contributed by atoms with van der Waals surface area (Å²) in [5, 5.41) is 0.951.